The van der Waals surface area contributed by atoms with Crippen LogP contribution in [-0.4, -0.2) is 28.6 Å². The summed E-state index contributed by atoms with van der Waals surface area (Å²) >= 11 is 0. The predicted octanol–water partition coefficient (Wildman–Crippen LogP) is 2.52. The van der Waals surface area contributed by atoms with Crippen molar-refractivity contribution in [2.45, 2.75) is 20.0 Å². The Balaban J connectivity index is 1.55. The number of rotatable bonds is 8. The largest absolute Gasteiger partial charge is 0.484 e. The summed E-state index contributed by atoms with van der Waals surface area (Å²) in [6, 6.07) is 14.0. The van der Waals surface area contributed by atoms with Gasteiger partial charge in [-0.2, -0.15) is 4.98 Å². The molecule has 3 aromatic rings. The van der Waals surface area contributed by atoms with Crippen LogP contribution in [0.3, 0.4) is 0 Å². The van der Waals surface area contributed by atoms with Crippen LogP contribution in [-0.2, 0) is 22.6 Å². The van der Waals surface area contributed by atoms with E-state index in [1.165, 1.54) is 17.7 Å². The van der Waals surface area contributed by atoms with E-state index >= 15 is 0 Å². The number of esters is 1. The van der Waals surface area contributed by atoms with E-state index in [1.54, 1.807) is 12.1 Å². The Bertz CT molecular complexity index is 949. The lowest BCUT2D eigenvalue weighted by molar-refractivity contribution is -0.119. The van der Waals surface area contributed by atoms with E-state index in [2.05, 4.69) is 17.1 Å². The Morgan fingerprint density at radius 2 is 1.79 bits per heavy atom. The molecule has 1 amide bonds. The van der Waals surface area contributed by atoms with E-state index in [1.807, 2.05) is 24.3 Å². The van der Waals surface area contributed by atoms with Crippen molar-refractivity contribution in [3.05, 3.63) is 65.5 Å². The van der Waals surface area contributed by atoms with Crippen molar-refractivity contribution in [1.29, 1.82) is 0 Å². The minimum atomic E-state index is -0.580. The number of hydrogen-bond acceptors (Lipinski definition) is 7. The van der Waals surface area contributed by atoms with Gasteiger partial charge in [0.15, 0.2) is 13.2 Å². The average molecular weight is 381 g/mol. The first-order chi connectivity index (χ1) is 13.5. The Morgan fingerprint density at radius 3 is 2.43 bits per heavy atom. The monoisotopic (exact) mass is 381 g/mol. The molecular weight excluding hydrogens is 362 g/mol. The normalized spacial score (nSPS) is 10.5. The van der Waals surface area contributed by atoms with Crippen molar-refractivity contribution in [2.75, 3.05) is 6.61 Å². The average Bonchev–Trinajstić information content (AvgIpc) is 3.20. The van der Waals surface area contributed by atoms with Gasteiger partial charge in [-0.05, 0) is 36.2 Å². The predicted molar refractivity (Wildman–Crippen MR) is 99.4 cm³/mol. The van der Waals surface area contributed by atoms with E-state index in [-0.39, 0.29) is 19.1 Å². The maximum atomic E-state index is 12.1. The molecule has 0 atom stereocenters. The molecule has 0 bridgehead atoms. The number of hydrogen-bond donors (Lipinski definition) is 1. The topological polar surface area (TPSA) is 118 Å². The highest BCUT2D eigenvalue weighted by Crippen LogP contribution is 2.18. The maximum absolute atomic E-state index is 12.1. The molecule has 0 saturated heterocycles. The number of aromatic nitrogens is 2. The summed E-state index contributed by atoms with van der Waals surface area (Å²) in [6.45, 7) is 1.71. The number of benzene rings is 2. The maximum Gasteiger partial charge on any atom is 0.338 e. The first-order valence-corrected chi connectivity index (χ1v) is 8.65. The molecule has 0 saturated carbocycles. The molecule has 0 unspecified atom stereocenters. The molecule has 8 heteroatoms. The Hall–Kier alpha value is -3.68. The van der Waals surface area contributed by atoms with Gasteiger partial charge in [-0.1, -0.05) is 36.3 Å². The van der Waals surface area contributed by atoms with Gasteiger partial charge in [0.05, 0.1) is 5.56 Å². The summed E-state index contributed by atoms with van der Waals surface area (Å²) in [7, 11) is 0. The highest BCUT2D eigenvalue weighted by Gasteiger charge is 2.13. The van der Waals surface area contributed by atoms with E-state index in [4.69, 9.17) is 19.7 Å². The van der Waals surface area contributed by atoms with Crippen LogP contribution in [0.25, 0.3) is 11.4 Å². The van der Waals surface area contributed by atoms with Crippen LogP contribution in [0.1, 0.15) is 28.7 Å². The zero-order valence-electron chi connectivity index (χ0n) is 15.3. The molecule has 1 aromatic heterocycles. The smallest absolute Gasteiger partial charge is 0.338 e. The quantitative estimate of drug-likeness (QED) is 0.596. The lowest BCUT2D eigenvalue weighted by Crippen LogP contribution is -2.20. The molecule has 0 aliphatic heterocycles. The second kappa shape index (κ2) is 8.81. The minimum Gasteiger partial charge on any atom is -0.484 e. The van der Waals surface area contributed by atoms with Crippen LogP contribution in [0.2, 0.25) is 0 Å². The third-order valence-electron chi connectivity index (χ3n) is 3.89. The van der Waals surface area contributed by atoms with Gasteiger partial charge in [0.1, 0.15) is 5.75 Å². The number of amides is 1. The lowest BCUT2D eigenvalue weighted by Gasteiger charge is -2.05. The SMILES string of the molecule is CCc1ccc(-c2noc(COC(=O)c3ccc(OCC(N)=O)cc3)n2)cc1. The molecule has 3 rings (SSSR count). The molecule has 2 aromatic carbocycles. The van der Waals surface area contributed by atoms with Crippen molar-refractivity contribution >= 4 is 11.9 Å². The van der Waals surface area contributed by atoms with Crippen molar-refractivity contribution < 1.29 is 23.6 Å². The Labute approximate surface area is 161 Å². The molecule has 144 valence electrons. The van der Waals surface area contributed by atoms with Gasteiger partial charge in [0.2, 0.25) is 5.82 Å². The molecule has 0 aliphatic rings. The van der Waals surface area contributed by atoms with Crippen LogP contribution < -0.4 is 10.5 Å². The van der Waals surface area contributed by atoms with Gasteiger partial charge in [0, 0.05) is 5.56 Å². The summed E-state index contributed by atoms with van der Waals surface area (Å²) in [5.74, 6) is -0.0720. The molecule has 0 aliphatic carbocycles. The number of nitrogens with two attached hydrogens (primary N) is 1. The second-order valence-corrected chi connectivity index (χ2v) is 5.92. The lowest BCUT2D eigenvalue weighted by atomic mass is 10.1. The number of nitrogens with zero attached hydrogens (tertiary/aromatic N) is 2. The van der Waals surface area contributed by atoms with Crippen LogP contribution in [0.5, 0.6) is 5.75 Å². The first kappa shape index (κ1) is 19.1. The number of carbonyl (C=O) groups is 2. The van der Waals surface area contributed by atoms with Gasteiger partial charge in [-0.15, -0.1) is 0 Å². The Kier molecular flexibility index (Phi) is 6.01. The molecule has 28 heavy (non-hydrogen) atoms. The van der Waals surface area contributed by atoms with Gasteiger partial charge < -0.3 is 19.7 Å². The highest BCUT2D eigenvalue weighted by molar-refractivity contribution is 5.89. The van der Waals surface area contributed by atoms with Gasteiger partial charge in [-0.25, -0.2) is 4.79 Å². The van der Waals surface area contributed by atoms with Crippen LogP contribution in [0.4, 0.5) is 0 Å². The highest BCUT2D eigenvalue weighted by atomic mass is 16.6. The van der Waals surface area contributed by atoms with Crippen LogP contribution in [0.15, 0.2) is 53.1 Å². The van der Waals surface area contributed by atoms with E-state index in [0.717, 1.165) is 12.0 Å². The summed E-state index contributed by atoms with van der Waals surface area (Å²) in [5, 5.41) is 3.91. The zero-order valence-corrected chi connectivity index (χ0v) is 15.3. The number of primary amides is 1. The van der Waals surface area contributed by atoms with Gasteiger partial charge in [-0.3, -0.25) is 4.79 Å². The summed E-state index contributed by atoms with van der Waals surface area (Å²) in [4.78, 5) is 27.0. The first-order valence-electron chi connectivity index (χ1n) is 8.65. The second-order valence-electron chi connectivity index (χ2n) is 5.92. The summed E-state index contributed by atoms with van der Waals surface area (Å²) in [6.07, 6.45) is 0.950. The third kappa shape index (κ3) is 4.94. The molecule has 1 heterocycles. The zero-order chi connectivity index (χ0) is 19.9. The van der Waals surface area contributed by atoms with Crippen molar-refractivity contribution in [2.24, 2.45) is 5.73 Å². The van der Waals surface area contributed by atoms with E-state index < -0.39 is 11.9 Å². The van der Waals surface area contributed by atoms with Gasteiger partial charge in [0.25, 0.3) is 11.8 Å². The number of ether oxygens (including phenoxy) is 2. The molecule has 0 spiro atoms. The number of aryl methyl sites for hydroxylation is 1. The molecule has 0 fully saturated rings. The van der Waals surface area contributed by atoms with Gasteiger partial charge >= 0.3 is 5.97 Å². The standard InChI is InChI=1S/C20H19N3O5/c1-2-13-3-5-14(6-4-13)19-22-18(28-23-19)12-27-20(25)15-7-9-16(10-8-15)26-11-17(21)24/h3-10H,2,11-12H2,1H3,(H2,21,24). The molecule has 0 radical (unpaired) electrons. The van der Waals surface area contributed by atoms with Crippen molar-refractivity contribution in [3.8, 4) is 17.1 Å². The van der Waals surface area contributed by atoms with E-state index in [9.17, 15) is 9.59 Å². The third-order valence-corrected chi connectivity index (χ3v) is 3.89. The summed E-state index contributed by atoms with van der Waals surface area (Å²) < 4.78 is 15.5. The van der Waals surface area contributed by atoms with E-state index in [0.29, 0.717) is 17.1 Å². The fourth-order valence-corrected chi connectivity index (χ4v) is 2.37. The van der Waals surface area contributed by atoms with Crippen LogP contribution in [0, 0.1) is 0 Å². The van der Waals surface area contributed by atoms with Crippen LogP contribution >= 0.6 is 0 Å². The fraction of sp³-hybridized carbons (Fsp3) is 0.200. The minimum absolute atomic E-state index is 0.140. The summed E-state index contributed by atoms with van der Waals surface area (Å²) in [5.41, 5.74) is 7.37. The molecular formula is C20H19N3O5. The fourth-order valence-electron chi connectivity index (χ4n) is 2.37. The number of carbonyl (C=O) groups excluding carboxylic acids is 2. The van der Waals surface area contributed by atoms with Crippen molar-refractivity contribution in [3.63, 3.8) is 0 Å². The van der Waals surface area contributed by atoms with Crippen molar-refractivity contribution in [1.82, 2.24) is 10.1 Å². The molecule has 8 nitrogen and oxygen atoms in total. The Morgan fingerprint density at radius 1 is 1.07 bits per heavy atom. The molecule has 2 N–H and O–H groups in total.